The summed E-state index contributed by atoms with van der Waals surface area (Å²) in [5, 5.41) is 9.12. The van der Waals surface area contributed by atoms with Gasteiger partial charge in [-0.25, -0.2) is 9.59 Å². The van der Waals surface area contributed by atoms with Crippen LogP contribution >= 0.6 is 0 Å². The van der Waals surface area contributed by atoms with Crippen molar-refractivity contribution in [1.82, 2.24) is 0 Å². The molecule has 0 aliphatic carbocycles. The maximum absolute atomic E-state index is 11.9. The molecule has 164 valence electrons. The summed E-state index contributed by atoms with van der Waals surface area (Å²) in [6.07, 6.45) is 1.67. The number of hydrogen-bond acceptors (Lipinski definition) is 6. The van der Waals surface area contributed by atoms with Crippen LogP contribution in [0, 0.1) is 6.92 Å². The summed E-state index contributed by atoms with van der Waals surface area (Å²) >= 11 is 0. The van der Waals surface area contributed by atoms with Crippen molar-refractivity contribution in [1.29, 1.82) is 0 Å². The molecular formula is C25H23NO6. The molecule has 0 unspecified atom stereocenters. The first-order valence-corrected chi connectivity index (χ1v) is 9.78. The van der Waals surface area contributed by atoms with Crippen LogP contribution < -0.4 is 9.47 Å². The van der Waals surface area contributed by atoms with Crippen molar-refractivity contribution >= 4 is 23.8 Å². The first kappa shape index (κ1) is 22.6. The number of carbonyl (C=O) groups excluding carboxylic acids is 1. The number of benzene rings is 3. The number of esters is 1. The average Bonchev–Trinajstić information content (AvgIpc) is 2.82. The molecule has 7 nitrogen and oxygen atoms in total. The molecule has 3 aromatic carbocycles. The summed E-state index contributed by atoms with van der Waals surface area (Å²) in [6.45, 7) is 2.01. The minimum atomic E-state index is -0.986. The lowest BCUT2D eigenvalue weighted by atomic mass is 10.1. The maximum atomic E-state index is 11.9. The van der Waals surface area contributed by atoms with Crippen molar-refractivity contribution in [2.24, 2.45) is 4.99 Å². The lowest BCUT2D eigenvalue weighted by molar-refractivity contribution is 0.0599. The van der Waals surface area contributed by atoms with E-state index in [1.54, 1.807) is 48.7 Å². The lowest BCUT2D eigenvalue weighted by Crippen LogP contribution is -2.03. The molecule has 0 spiro atoms. The molecule has 7 heteroatoms. The molecule has 0 bridgehead atoms. The molecule has 1 N–H and O–H groups in total. The molecule has 32 heavy (non-hydrogen) atoms. The van der Waals surface area contributed by atoms with E-state index < -0.39 is 11.9 Å². The summed E-state index contributed by atoms with van der Waals surface area (Å²) in [7, 11) is 2.88. The van der Waals surface area contributed by atoms with Crippen molar-refractivity contribution in [3.8, 4) is 11.5 Å². The molecular weight excluding hydrogens is 410 g/mol. The van der Waals surface area contributed by atoms with Crippen LogP contribution in [-0.4, -0.2) is 37.5 Å². The van der Waals surface area contributed by atoms with Gasteiger partial charge in [0.15, 0.2) is 11.5 Å². The highest BCUT2D eigenvalue weighted by atomic mass is 16.5. The zero-order valence-corrected chi connectivity index (χ0v) is 18.0. The minimum absolute atomic E-state index is 0.199. The van der Waals surface area contributed by atoms with Crippen molar-refractivity contribution in [3.63, 3.8) is 0 Å². The number of carbonyl (C=O) groups is 2. The Kier molecular flexibility index (Phi) is 7.23. The Hall–Kier alpha value is -4.13. The van der Waals surface area contributed by atoms with Gasteiger partial charge in [0.1, 0.15) is 6.61 Å². The second-order valence-electron chi connectivity index (χ2n) is 6.90. The highest BCUT2D eigenvalue weighted by molar-refractivity contribution is 5.93. The number of aromatic carboxylic acids is 1. The molecule has 0 aromatic heterocycles. The topological polar surface area (TPSA) is 94.4 Å². The Morgan fingerprint density at radius 1 is 1.00 bits per heavy atom. The molecule has 0 heterocycles. The van der Waals surface area contributed by atoms with E-state index >= 15 is 0 Å². The summed E-state index contributed by atoms with van der Waals surface area (Å²) in [5.74, 6) is -0.352. The van der Waals surface area contributed by atoms with Gasteiger partial charge in [-0.05, 0) is 66.1 Å². The van der Waals surface area contributed by atoms with E-state index in [1.807, 2.05) is 19.1 Å². The molecule has 0 saturated heterocycles. The Morgan fingerprint density at radius 2 is 1.78 bits per heavy atom. The fraction of sp³-hybridized carbons (Fsp3) is 0.160. The third-order valence-corrected chi connectivity index (χ3v) is 4.82. The predicted molar refractivity (Wildman–Crippen MR) is 120 cm³/mol. The van der Waals surface area contributed by atoms with Crippen LogP contribution in [0.5, 0.6) is 11.5 Å². The standard InChI is InChI=1S/C25H23NO6/c1-16-20(25(29)31-3)8-5-9-21(16)26-14-17-10-11-22(23(13-17)30-2)32-15-18-6-4-7-19(12-18)24(27)28/h4-14H,15H2,1-3H3,(H,27,28). The lowest BCUT2D eigenvalue weighted by Gasteiger charge is -2.12. The zero-order chi connectivity index (χ0) is 23.1. The van der Waals surface area contributed by atoms with Crippen molar-refractivity contribution < 1.29 is 28.9 Å². The van der Waals surface area contributed by atoms with E-state index in [-0.39, 0.29) is 12.2 Å². The van der Waals surface area contributed by atoms with Gasteiger partial charge < -0.3 is 19.3 Å². The van der Waals surface area contributed by atoms with Gasteiger partial charge in [0.2, 0.25) is 0 Å². The molecule has 0 radical (unpaired) electrons. The Bertz CT molecular complexity index is 1170. The van der Waals surface area contributed by atoms with Crippen LogP contribution in [0.4, 0.5) is 5.69 Å². The molecule has 3 rings (SSSR count). The Morgan fingerprint density at radius 3 is 2.50 bits per heavy atom. The first-order valence-electron chi connectivity index (χ1n) is 9.78. The third-order valence-electron chi connectivity index (χ3n) is 4.82. The minimum Gasteiger partial charge on any atom is -0.493 e. The zero-order valence-electron chi connectivity index (χ0n) is 18.0. The van der Waals surface area contributed by atoms with Gasteiger partial charge >= 0.3 is 11.9 Å². The van der Waals surface area contributed by atoms with Gasteiger partial charge in [-0.15, -0.1) is 0 Å². The smallest absolute Gasteiger partial charge is 0.338 e. The van der Waals surface area contributed by atoms with Crippen LogP contribution in [0.1, 0.15) is 37.4 Å². The van der Waals surface area contributed by atoms with Crippen LogP contribution in [0.25, 0.3) is 0 Å². The molecule has 0 amide bonds. The van der Waals surface area contributed by atoms with E-state index in [0.717, 1.165) is 16.7 Å². The number of carboxylic acids is 1. The van der Waals surface area contributed by atoms with Gasteiger partial charge in [0, 0.05) is 6.21 Å². The van der Waals surface area contributed by atoms with Crippen LogP contribution in [0.3, 0.4) is 0 Å². The van der Waals surface area contributed by atoms with Crippen molar-refractivity contribution in [3.05, 3.63) is 88.5 Å². The number of rotatable bonds is 8. The molecule has 0 fully saturated rings. The normalized spacial score (nSPS) is 10.7. The molecule has 0 aliphatic heterocycles. The number of ether oxygens (including phenoxy) is 3. The quantitative estimate of drug-likeness (QED) is 0.404. The maximum Gasteiger partial charge on any atom is 0.338 e. The number of hydrogen-bond donors (Lipinski definition) is 1. The number of methoxy groups -OCH3 is 2. The summed E-state index contributed by atoms with van der Waals surface area (Å²) in [4.78, 5) is 27.5. The molecule has 0 aliphatic rings. The second kappa shape index (κ2) is 10.3. The van der Waals surface area contributed by atoms with Gasteiger partial charge in [-0.1, -0.05) is 18.2 Å². The van der Waals surface area contributed by atoms with Gasteiger partial charge in [0.25, 0.3) is 0 Å². The number of aliphatic imine (C=N–C) groups is 1. The number of carboxylic acid groups (broad SMARTS) is 1. The fourth-order valence-electron chi connectivity index (χ4n) is 3.08. The highest BCUT2D eigenvalue weighted by Gasteiger charge is 2.11. The van der Waals surface area contributed by atoms with Crippen LogP contribution in [0.2, 0.25) is 0 Å². The van der Waals surface area contributed by atoms with E-state index in [0.29, 0.717) is 22.7 Å². The van der Waals surface area contributed by atoms with Crippen LogP contribution in [-0.2, 0) is 11.3 Å². The Balaban J connectivity index is 1.76. The Labute approximate surface area is 185 Å². The number of nitrogens with zero attached hydrogens (tertiary/aromatic N) is 1. The molecule has 0 saturated carbocycles. The van der Waals surface area contributed by atoms with Gasteiger partial charge in [0.05, 0.1) is 31.0 Å². The first-order chi connectivity index (χ1) is 15.4. The van der Waals surface area contributed by atoms with Crippen LogP contribution in [0.15, 0.2) is 65.7 Å². The van der Waals surface area contributed by atoms with E-state index in [1.165, 1.54) is 20.3 Å². The van der Waals surface area contributed by atoms with Crippen molar-refractivity contribution in [2.75, 3.05) is 14.2 Å². The fourth-order valence-corrected chi connectivity index (χ4v) is 3.08. The van der Waals surface area contributed by atoms with E-state index in [2.05, 4.69) is 4.99 Å². The van der Waals surface area contributed by atoms with Crippen molar-refractivity contribution in [2.45, 2.75) is 13.5 Å². The monoisotopic (exact) mass is 433 g/mol. The SMILES string of the molecule is COC(=O)c1cccc(N=Cc2ccc(OCc3cccc(C(=O)O)c3)c(OC)c2)c1C. The van der Waals surface area contributed by atoms with Gasteiger partial charge in [-0.2, -0.15) is 0 Å². The largest absolute Gasteiger partial charge is 0.493 e. The summed E-state index contributed by atoms with van der Waals surface area (Å²) in [6, 6.07) is 17.2. The third kappa shape index (κ3) is 5.31. The summed E-state index contributed by atoms with van der Waals surface area (Å²) in [5.41, 5.74) is 3.58. The van der Waals surface area contributed by atoms with E-state index in [9.17, 15) is 9.59 Å². The van der Waals surface area contributed by atoms with Gasteiger partial charge in [-0.3, -0.25) is 4.99 Å². The molecule has 3 aromatic rings. The summed E-state index contributed by atoms with van der Waals surface area (Å²) < 4.78 is 16.1. The second-order valence-corrected chi connectivity index (χ2v) is 6.90. The van der Waals surface area contributed by atoms with E-state index in [4.69, 9.17) is 19.3 Å². The molecule has 0 atom stereocenters. The highest BCUT2D eigenvalue weighted by Crippen LogP contribution is 2.29. The predicted octanol–water partition coefficient (Wildman–Crippen LogP) is 4.82. The average molecular weight is 433 g/mol.